The third-order valence-electron chi connectivity index (χ3n) is 4.52. The van der Waals surface area contributed by atoms with E-state index in [2.05, 4.69) is 24.8 Å². The molecular formula is C24H22ClF. The first-order valence-electron chi connectivity index (χ1n) is 9.16. The molecule has 0 aliphatic heterocycles. The Labute approximate surface area is 160 Å². The number of hydrogen-bond acceptors (Lipinski definition) is 0. The summed E-state index contributed by atoms with van der Waals surface area (Å²) in [6.45, 7) is 2.21. The van der Waals surface area contributed by atoms with Crippen LogP contribution >= 0.6 is 11.6 Å². The Bertz CT molecular complexity index is 946. The molecule has 0 nitrogen and oxygen atoms in total. The summed E-state index contributed by atoms with van der Waals surface area (Å²) in [6, 6.07) is 17.0. The van der Waals surface area contributed by atoms with E-state index in [-0.39, 0.29) is 5.82 Å². The van der Waals surface area contributed by atoms with Crippen LogP contribution in [0, 0.1) is 17.7 Å². The topological polar surface area (TPSA) is 0 Å². The number of halogens is 2. The second-order valence-electron chi connectivity index (χ2n) is 6.55. The van der Waals surface area contributed by atoms with Gasteiger partial charge in [-0.2, -0.15) is 0 Å². The Hall–Kier alpha value is -2.30. The highest BCUT2D eigenvalue weighted by atomic mass is 35.5. The maximum Gasteiger partial charge on any atom is 0.146 e. The minimum Gasteiger partial charge on any atom is -0.205 e. The molecule has 0 aromatic heterocycles. The van der Waals surface area contributed by atoms with Gasteiger partial charge in [-0.3, -0.25) is 0 Å². The number of aryl methyl sites for hydroxylation is 1. The van der Waals surface area contributed by atoms with Crippen molar-refractivity contribution in [3.05, 3.63) is 82.1 Å². The smallest absolute Gasteiger partial charge is 0.146 e. The van der Waals surface area contributed by atoms with Crippen molar-refractivity contribution in [1.82, 2.24) is 0 Å². The number of hydrogen-bond donors (Lipinski definition) is 0. The maximum absolute atomic E-state index is 14.8. The molecule has 3 aromatic rings. The molecule has 3 rings (SSSR count). The minimum absolute atomic E-state index is 0.249. The van der Waals surface area contributed by atoms with Crippen molar-refractivity contribution in [3.8, 4) is 11.8 Å². The molecule has 0 heterocycles. The molecule has 3 aromatic carbocycles. The van der Waals surface area contributed by atoms with E-state index in [1.165, 1.54) is 31.2 Å². The number of unbranched alkanes of at least 4 members (excludes halogenated alkanes) is 3. The van der Waals surface area contributed by atoms with Gasteiger partial charge in [-0.1, -0.05) is 73.9 Å². The highest BCUT2D eigenvalue weighted by molar-refractivity contribution is 6.30. The third kappa shape index (κ3) is 4.65. The second kappa shape index (κ2) is 8.88. The molecule has 132 valence electrons. The SMILES string of the molecule is CCCCCCc1ccc2c(F)c(C#Cc3ccc(Cl)cc3)ccc2c1. The molecule has 0 saturated heterocycles. The first-order chi connectivity index (χ1) is 12.7. The molecule has 0 spiro atoms. The largest absolute Gasteiger partial charge is 0.205 e. The summed E-state index contributed by atoms with van der Waals surface area (Å²) in [6.07, 6.45) is 6.00. The van der Waals surface area contributed by atoms with Crippen LogP contribution in [0.25, 0.3) is 10.8 Å². The number of fused-ring (bicyclic) bond motifs is 1. The first-order valence-corrected chi connectivity index (χ1v) is 9.54. The van der Waals surface area contributed by atoms with Gasteiger partial charge in [0.2, 0.25) is 0 Å². The molecular weight excluding hydrogens is 343 g/mol. The van der Waals surface area contributed by atoms with E-state index in [4.69, 9.17) is 11.6 Å². The Morgan fingerprint density at radius 2 is 1.69 bits per heavy atom. The molecule has 0 aliphatic rings. The molecule has 26 heavy (non-hydrogen) atoms. The lowest BCUT2D eigenvalue weighted by Gasteiger charge is -2.06. The normalized spacial score (nSPS) is 10.6. The molecule has 0 N–H and O–H groups in total. The van der Waals surface area contributed by atoms with Gasteiger partial charge in [0.1, 0.15) is 5.82 Å². The van der Waals surface area contributed by atoms with Crippen LogP contribution in [0.1, 0.15) is 49.3 Å². The Balaban J connectivity index is 1.81. The molecule has 0 radical (unpaired) electrons. The van der Waals surface area contributed by atoms with Gasteiger partial charge in [0.05, 0.1) is 5.56 Å². The van der Waals surface area contributed by atoms with Crippen LogP contribution in [-0.4, -0.2) is 0 Å². The van der Waals surface area contributed by atoms with Crippen LogP contribution in [0.3, 0.4) is 0 Å². The number of benzene rings is 3. The van der Waals surface area contributed by atoms with E-state index in [9.17, 15) is 4.39 Å². The first kappa shape index (κ1) is 18.5. The molecule has 0 bridgehead atoms. The van der Waals surface area contributed by atoms with Crippen molar-refractivity contribution in [2.24, 2.45) is 0 Å². The van der Waals surface area contributed by atoms with Crippen LogP contribution in [0.4, 0.5) is 4.39 Å². The lowest BCUT2D eigenvalue weighted by Crippen LogP contribution is -1.90. The zero-order valence-corrected chi connectivity index (χ0v) is 15.7. The van der Waals surface area contributed by atoms with Crippen molar-refractivity contribution in [2.75, 3.05) is 0 Å². The quantitative estimate of drug-likeness (QED) is 0.333. The number of rotatable bonds is 5. The standard InChI is InChI=1S/C24H22ClF/c1-2-3-4-5-6-19-10-16-23-21(17-19)13-12-20(24(23)26)11-7-18-8-14-22(25)15-9-18/h8-10,12-17H,2-6H2,1H3. The summed E-state index contributed by atoms with van der Waals surface area (Å²) in [4.78, 5) is 0. The monoisotopic (exact) mass is 364 g/mol. The van der Waals surface area contributed by atoms with Crippen molar-refractivity contribution >= 4 is 22.4 Å². The summed E-state index contributed by atoms with van der Waals surface area (Å²) in [7, 11) is 0. The van der Waals surface area contributed by atoms with Gasteiger partial charge < -0.3 is 0 Å². The Kier molecular flexibility index (Phi) is 6.31. The van der Waals surface area contributed by atoms with Crippen LogP contribution in [0.15, 0.2) is 54.6 Å². The lowest BCUT2D eigenvalue weighted by molar-refractivity contribution is 0.636. The molecule has 0 saturated carbocycles. The molecule has 0 amide bonds. The fraction of sp³-hybridized carbons (Fsp3) is 0.250. The van der Waals surface area contributed by atoms with Gasteiger partial charge in [-0.15, -0.1) is 0 Å². The molecule has 2 heteroatoms. The summed E-state index contributed by atoms with van der Waals surface area (Å²) < 4.78 is 14.8. The highest BCUT2D eigenvalue weighted by Crippen LogP contribution is 2.23. The predicted molar refractivity (Wildman–Crippen MR) is 109 cm³/mol. The van der Waals surface area contributed by atoms with E-state index in [1.807, 2.05) is 30.3 Å². The van der Waals surface area contributed by atoms with Crippen LogP contribution < -0.4 is 0 Å². The van der Waals surface area contributed by atoms with E-state index >= 15 is 0 Å². The third-order valence-corrected chi connectivity index (χ3v) is 4.78. The molecule has 0 atom stereocenters. The summed E-state index contributed by atoms with van der Waals surface area (Å²) in [5.41, 5.74) is 2.51. The zero-order valence-electron chi connectivity index (χ0n) is 15.0. The highest BCUT2D eigenvalue weighted by Gasteiger charge is 2.06. The molecule has 0 fully saturated rings. The molecule has 0 unspecified atom stereocenters. The minimum atomic E-state index is -0.249. The lowest BCUT2D eigenvalue weighted by atomic mass is 10.00. The van der Waals surface area contributed by atoms with Gasteiger partial charge in [0.25, 0.3) is 0 Å². The fourth-order valence-electron chi connectivity index (χ4n) is 3.02. The van der Waals surface area contributed by atoms with Gasteiger partial charge in [-0.05, 0) is 54.1 Å². The van der Waals surface area contributed by atoms with E-state index < -0.39 is 0 Å². The van der Waals surface area contributed by atoms with Gasteiger partial charge in [0, 0.05) is 16.0 Å². The van der Waals surface area contributed by atoms with E-state index in [0.717, 1.165) is 17.4 Å². The van der Waals surface area contributed by atoms with Crippen molar-refractivity contribution in [3.63, 3.8) is 0 Å². The molecule has 0 aliphatic carbocycles. The van der Waals surface area contributed by atoms with Crippen molar-refractivity contribution in [2.45, 2.75) is 39.0 Å². The summed E-state index contributed by atoms with van der Waals surface area (Å²) in [5.74, 6) is 5.68. The van der Waals surface area contributed by atoms with Crippen molar-refractivity contribution < 1.29 is 4.39 Å². The van der Waals surface area contributed by atoms with Gasteiger partial charge >= 0.3 is 0 Å². The zero-order chi connectivity index (χ0) is 18.4. The van der Waals surface area contributed by atoms with Gasteiger partial charge in [-0.25, -0.2) is 4.39 Å². The average molecular weight is 365 g/mol. The van der Waals surface area contributed by atoms with E-state index in [1.54, 1.807) is 18.2 Å². The average Bonchev–Trinajstić information content (AvgIpc) is 2.66. The summed E-state index contributed by atoms with van der Waals surface area (Å²) in [5, 5.41) is 2.23. The fourth-order valence-corrected chi connectivity index (χ4v) is 3.15. The van der Waals surface area contributed by atoms with Crippen LogP contribution in [-0.2, 0) is 6.42 Å². The van der Waals surface area contributed by atoms with E-state index in [0.29, 0.717) is 16.0 Å². The summed E-state index contributed by atoms with van der Waals surface area (Å²) >= 11 is 5.87. The predicted octanol–water partition coefficient (Wildman–Crippen LogP) is 7.15. The Morgan fingerprint density at radius 1 is 0.885 bits per heavy atom. The second-order valence-corrected chi connectivity index (χ2v) is 6.99. The van der Waals surface area contributed by atoms with Crippen molar-refractivity contribution in [1.29, 1.82) is 0 Å². The Morgan fingerprint density at radius 3 is 2.46 bits per heavy atom. The maximum atomic E-state index is 14.8. The van der Waals surface area contributed by atoms with Gasteiger partial charge in [0.15, 0.2) is 0 Å². The van der Waals surface area contributed by atoms with Crippen LogP contribution in [0.2, 0.25) is 5.02 Å². The van der Waals surface area contributed by atoms with Crippen LogP contribution in [0.5, 0.6) is 0 Å².